The van der Waals surface area contributed by atoms with Crippen molar-refractivity contribution in [1.82, 2.24) is 25.1 Å². The number of nitrogens with one attached hydrogen (secondary N) is 1. The molecule has 3 aromatic heterocycles. The summed E-state index contributed by atoms with van der Waals surface area (Å²) in [6.07, 6.45) is 5.81. The zero-order valence-electron chi connectivity index (χ0n) is 14.0. The van der Waals surface area contributed by atoms with Crippen molar-refractivity contribution in [2.45, 2.75) is 39.5 Å². The van der Waals surface area contributed by atoms with Crippen LogP contribution in [0.2, 0.25) is 0 Å². The van der Waals surface area contributed by atoms with E-state index in [1.165, 1.54) is 0 Å². The lowest BCUT2D eigenvalue weighted by atomic mass is 10.1. The van der Waals surface area contributed by atoms with E-state index in [1.807, 2.05) is 28.8 Å². The summed E-state index contributed by atoms with van der Waals surface area (Å²) in [6, 6.07) is 5.88. The summed E-state index contributed by atoms with van der Waals surface area (Å²) in [4.78, 5) is 12.1. The van der Waals surface area contributed by atoms with Crippen molar-refractivity contribution in [2.24, 2.45) is 0 Å². The molecule has 0 saturated carbocycles. The van der Waals surface area contributed by atoms with Crippen LogP contribution in [0.25, 0.3) is 5.65 Å². The van der Waals surface area contributed by atoms with E-state index in [1.54, 1.807) is 13.8 Å². The second-order valence-electron chi connectivity index (χ2n) is 5.81. The lowest BCUT2D eigenvalue weighted by Crippen LogP contribution is -2.25. The normalized spacial score (nSPS) is 11.1. The minimum atomic E-state index is -0.116. The van der Waals surface area contributed by atoms with E-state index in [0.29, 0.717) is 23.6 Å². The van der Waals surface area contributed by atoms with Crippen molar-refractivity contribution in [3.8, 4) is 0 Å². The Labute approximate surface area is 140 Å². The van der Waals surface area contributed by atoms with Crippen molar-refractivity contribution in [3.63, 3.8) is 0 Å². The minimum absolute atomic E-state index is 0.116. The van der Waals surface area contributed by atoms with Crippen LogP contribution in [0, 0.1) is 13.8 Å². The van der Waals surface area contributed by atoms with Gasteiger partial charge in [0.15, 0.2) is 5.65 Å². The monoisotopic (exact) mass is 327 g/mol. The number of nitrogens with zero attached hydrogens (tertiary/aromatic N) is 4. The highest BCUT2D eigenvalue weighted by Gasteiger charge is 2.16. The van der Waals surface area contributed by atoms with Gasteiger partial charge in [0.1, 0.15) is 17.1 Å². The van der Waals surface area contributed by atoms with Gasteiger partial charge in [-0.15, -0.1) is 10.2 Å². The number of rotatable bonds is 7. The summed E-state index contributed by atoms with van der Waals surface area (Å²) >= 11 is 0. The molecule has 0 saturated heterocycles. The first-order valence-electron chi connectivity index (χ1n) is 8.16. The number of fused-ring (bicyclic) bond motifs is 1. The molecule has 0 aliphatic rings. The number of carbonyl (C=O) groups excluding carboxylic acids is 1. The molecule has 0 unspecified atom stereocenters. The maximum Gasteiger partial charge on any atom is 0.256 e. The Hall–Kier alpha value is -2.70. The van der Waals surface area contributed by atoms with Gasteiger partial charge in [0, 0.05) is 19.2 Å². The average Bonchev–Trinajstić information content (AvgIpc) is 3.14. The van der Waals surface area contributed by atoms with Gasteiger partial charge >= 0.3 is 0 Å². The van der Waals surface area contributed by atoms with Crippen LogP contribution in [0.3, 0.4) is 0 Å². The standard InChI is InChI=1S/C17H21N5O2/c1-12-16(13(2)24-21-12)17(23)18-10-6-3-4-8-14-19-20-15-9-5-7-11-22(14)15/h5,7,9,11H,3-4,6,8,10H2,1-2H3,(H,18,23). The Kier molecular flexibility index (Phi) is 4.88. The van der Waals surface area contributed by atoms with Gasteiger partial charge in [-0.3, -0.25) is 9.20 Å². The molecule has 3 aromatic rings. The molecule has 1 N–H and O–H groups in total. The van der Waals surface area contributed by atoms with E-state index >= 15 is 0 Å². The van der Waals surface area contributed by atoms with Gasteiger partial charge < -0.3 is 9.84 Å². The summed E-state index contributed by atoms with van der Waals surface area (Å²) in [7, 11) is 0. The van der Waals surface area contributed by atoms with Crippen molar-refractivity contribution >= 4 is 11.6 Å². The van der Waals surface area contributed by atoms with Gasteiger partial charge in [-0.05, 0) is 38.8 Å². The number of carbonyl (C=O) groups is 1. The van der Waals surface area contributed by atoms with Crippen LogP contribution in [0.15, 0.2) is 28.9 Å². The number of aromatic nitrogens is 4. The van der Waals surface area contributed by atoms with Crippen LogP contribution in [0.5, 0.6) is 0 Å². The molecule has 0 atom stereocenters. The predicted octanol–water partition coefficient (Wildman–Crippen LogP) is 2.48. The molecule has 0 aromatic carbocycles. The molecule has 7 nitrogen and oxygen atoms in total. The molecule has 0 bridgehead atoms. The van der Waals surface area contributed by atoms with Crippen LogP contribution >= 0.6 is 0 Å². The molecule has 0 aliphatic carbocycles. The molecule has 3 rings (SSSR count). The maximum atomic E-state index is 12.1. The van der Waals surface area contributed by atoms with Crippen molar-refractivity contribution in [1.29, 1.82) is 0 Å². The molecule has 24 heavy (non-hydrogen) atoms. The molecule has 0 spiro atoms. The van der Waals surface area contributed by atoms with Gasteiger partial charge in [0.2, 0.25) is 0 Å². The fourth-order valence-electron chi connectivity index (χ4n) is 2.74. The largest absolute Gasteiger partial charge is 0.361 e. The number of hydrogen-bond donors (Lipinski definition) is 1. The third-order valence-electron chi connectivity index (χ3n) is 4.01. The first-order chi connectivity index (χ1) is 11.7. The van der Waals surface area contributed by atoms with Crippen LogP contribution < -0.4 is 5.32 Å². The van der Waals surface area contributed by atoms with Gasteiger partial charge in [-0.25, -0.2) is 0 Å². The topological polar surface area (TPSA) is 85.3 Å². The smallest absolute Gasteiger partial charge is 0.256 e. The Morgan fingerprint density at radius 3 is 2.88 bits per heavy atom. The van der Waals surface area contributed by atoms with Crippen LogP contribution in [0.4, 0.5) is 0 Å². The first kappa shape index (κ1) is 16.2. The molecule has 7 heteroatoms. The third-order valence-corrected chi connectivity index (χ3v) is 4.01. The maximum absolute atomic E-state index is 12.1. The minimum Gasteiger partial charge on any atom is -0.361 e. The average molecular weight is 327 g/mol. The highest BCUT2D eigenvalue weighted by Crippen LogP contribution is 2.12. The van der Waals surface area contributed by atoms with Gasteiger partial charge in [-0.1, -0.05) is 17.6 Å². The van der Waals surface area contributed by atoms with E-state index < -0.39 is 0 Å². The highest BCUT2D eigenvalue weighted by atomic mass is 16.5. The molecular formula is C17H21N5O2. The number of unbranched alkanes of at least 4 members (excludes halogenated alkanes) is 2. The Bertz CT molecular complexity index is 817. The quantitative estimate of drug-likeness (QED) is 0.674. The van der Waals surface area contributed by atoms with Crippen LogP contribution in [0.1, 0.15) is 46.9 Å². The molecule has 126 valence electrons. The van der Waals surface area contributed by atoms with Gasteiger partial charge in [0.05, 0.1) is 5.69 Å². The van der Waals surface area contributed by atoms with E-state index in [9.17, 15) is 4.79 Å². The molecule has 3 heterocycles. The number of hydrogen-bond acceptors (Lipinski definition) is 5. The summed E-state index contributed by atoms with van der Waals surface area (Å²) in [5, 5.41) is 15.1. The lowest BCUT2D eigenvalue weighted by Gasteiger charge is -2.04. The van der Waals surface area contributed by atoms with Crippen molar-refractivity contribution in [2.75, 3.05) is 6.54 Å². The SMILES string of the molecule is Cc1noc(C)c1C(=O)NCCCCCc1nnc2ccccn12. The summed E-state index contributed by atoms with van der Waals surface area (Å²) in [5.74, 6) is 1.42. The molecule has 1 amide bonds. The third kappa shape index (κ3) is 3.45. The Balaban J connectivity index is 1.39. The lowest BCUT2D eigenvalue weighted by molar-refractivity contribution is 0.0951. The van der Waals surface area contributed by atoms with Crippen molar-refractivity contribution in [3.05, 3.63) is 47.2 Å². The zero-order chi connectivity index (χ0) is 16.9. The van der Waals surface area contributed by atoms with E-state index in [2.05, 4.69) is 20.7 Å². The first-order valence-corrected chi connectivity index (χ1v) is 8.16. The van der Waals surface area contributed by atoms with Crippen LogP contribution in [-0.4, -0.2) is 32.2 Å². The molecule has 0 aliphatic heterocycles. The zero-order valence-corrected chi connectivity index (χ0v) is 14.0. The van der Waals surface area contributed by atoms with Crippen molar-refractivity contribution < 1.29 is 9.32 Å². The van der Waals surface area contributed by atoms with Crippen LogP contribution in [-0.2, 0) is 6.42 Å². The fraction of sp³-hybridized carbons (Fsp3) is 0.412. The van der Waals surface area contributed by atoms with Gasteiger partial charge in [-0.2, -0.15) is 0 Å². The predicted molar refractivity (Wildman–Crippen MR) is 88.9 cm³/mol. The molecule has 0 radical (unpaired) electrons. The summed E-state index contributed by atoms with van der Waals surface area (Å²) in [5.41, 5.74) is 2.05. The number of amides is 1. The van der Waals surface area contributed by atoms with E-state index in [-0.39, 0.29) is 5.91 Å². The second-order valence-corrected chi connectivity index (χ2v) is 5.81. The van der Waals surface area contributed by atoms with Gasteiger partial charge in [0.25, 0.3) is 5.91 Å². The number of pyridine rings is 1. The summed E-state index contributed by atoms with van der Waals surface area (Å²) in [6.45, 7) is 4.16. The Morgan fingerprint density at radius 1 is 1.21 bits per heavy atom. The fourth-order valence-corrected chi connectivity index (χ4v) is 2.74. The Morgan fingerprint density at radius 2 is 2.08 bits per heavy atom. The number of aryl methyl sites for hydroxylation is 3. The molecule has 0 fully saturated rings. The molecular weight excluding hydrogens is 306 g/mol. The highest BCUT2D eigenvalue weighted by molar-refractivity contribution is 5.96. The summed E-state index contributed by atoms with van der Waals surface area (Å²) < 4.78 is 7.02. The van der Waals surface area contributed by atoms with E-state index in [4.69, 9.17) is 4.52 Å². The second kappa shape index (κ2) is 7.25. The van der Waals surface area contributed by atoms with E-state index in [0.717, 1.165) is 37.2 Å².